The quantitative estimate of drug-likeness (QED) is 0.636. The van der Waals surface area contributed by atoms with E-state index in [2.05, 4.69) is 15.5 Å². The first-order valence-corrected chi connectivity index (χ1v) is 5.22. The third kappa shape index (κ3) is 2.33. The maximum Gasteiger partial charge on any atom is 0.0695 e. The van der Waals surface area contributed by atoms with Gasteiger partial charge in [0.25, 0.3) is 0 Å². The second-order valence-electron chi connectivity index (χ2n) is 3.98. The van der Waals surface area contributed by atoms with E-state index in [1.807, 2.05) is 12.4 Å². The first-order valence-electron chi connectivity index (χ1n) is 5.22. The van der Waals surface area contributed by atoms with Gasteiger partial charge in [0, 0.05) is 12.7 Å². The minimum Gasteiger partial charge on any atom is -0.392 e. The second-order valence-corrected chi connectivity index (χ2v) is 3.98. The fourth-order valence-electron chi connectivity index (χ4n) is 2.03. The van der Waals surface area contributed by atoms with Gasteiger partial charge in [0.2, 0.25) is 0 Å². The van der Waals surface area contributed by atoms with Crippen molar-refractivity contribution in [2.24, 2.45) is 5.92 Å². The highest BCUT2D eigenvalue weighted by molar-refractivity contribution is 5.04. The Morgan fingerprint density at radius 1 is 1.57 bits per heavy atom. The van der Waals surface area contributed by atoms with Crippen LogP contribution in [-0.4, -0.2) is 34.5 Å². The van der Waals surface area contributed by atoms with Crippen LogP contribution in [0.4, 0.5) is 0 Å². The molecule has 1 saturated heterocycles. The number of hydrogen-bond acceptors (Lipinski definition) is 3. The van der Waals surface area contributed by atoms with E-state index in [9.17, 15) is 5.11 Å². The molecule has 2 unspecified atom stereocenters. The SMILES string of the molecule is OC1CNCCCC1Cc1cn[nH]c1. The molecule has 0 amide bonds. The number of nitrogens with zero attached hydrogens (tertiary/aromatic N) is 1. The van der Waals surface area contributed by atoms with Crippen LogP contribution in [0.5, 0.6) is 0 Å². The van der Waals surface area contributed by atoms with Crippen LogP contribution in [0.25, 0.3) is 0 Å². The number of rotatable bonds is 2. The Labute approximate surface area is 83.7 Å². The summed E-state index contributed by atoms with van der Waals surface area (Å²) >= 11 is 0. The van der Waals surface area contributed by atoms with Crippen molar-refractivity contribution in [3.05, 3.63) is 18.0 Å². The van der Waals surface area contributed by atoms with E-state index in [0.717, 1.165) is 32.4 Å². The van der Waals surface area contributed by atoms with Gasteiger partial charge in [-0.1, -0.05) is 0 Å². The maximum atomic E-state index is 9.85. The smallest absolute Gasteiger partial charge is 0.0695 e. The van der Waals surface area contributed by atoms with Crippen LogP contribution in [0.15, 0.2) is 12.4 Å². The zero-order chi connectivity index (χ0) is 9.80. The van der Waals surface area contributed by atoms with Crippen LogP contribution >= 0.6 is 0 Å². The number of aliphatic hydroxyl groups excluding tert-OH is 1. The van der Waals surface area contributed by atoms with Crippen LogP contribution in [-0.2, 0) is 6.42 Å². The predicted molar refractivity (Wildman–Crippen MR) is 53.9 cm³/mol. The zero-order valence-corrected chi connectivity index (χ0v) is 8.24. The molecule has 0 saturated carbocycles. The normalized spacial score (nSPS) is 28.6. The number of nitrogens with one attached hydrogen (secondary N) is 2. The van der Waals surface area contributed by atoms with Crippen LogP contribution in [0.1, 0.15) is 18.4 Å². The van der Waals surface area contributed by atoms with Crippen molar-refractivity contribution in [3.63, 3.8) is 0 Å². The van der Waals surface area contributed by atoms with Crippen molar-refractivity contribution >= 4 is 0 Å². The Balaban J connectivity index is 1.94. The molecule has 0 aromatic carbocycles. The van der Waals surface area contributed by atoms with Gasteiger partial charge in [-0.15, -0.1) is 0 Å². The van der Waals surface area contributed by atoms with Gasteiger partial charge in [0.1, 0.15) is 0 Å². The molecule has 4 nitrogen and oxygen atoms in total. The van der Waals surface area contributed by atoms with E-state index in [1.165, 1.54) is 5.56 Å². The van der Waals surface area contributed by atoms with Crippen molar-refractivity contribution in [1.29, 1.82) is 0 Å². The topological polar surface area (TPSA) is 60.9 Å². The molecular weight excluding hydrogens is 178 g/mol. The third-order valence-electron chi connectivity index (χ3n) is 2.88. The molecule has 4 heteroatoms. The maximum absolute atomic E-state index is 9.85. The van der Waals surface area contributed by atoms with Gasteiger partial charge in [-0.25, -0.2) is 0 Å². The molecule has 1 aliphatic rings. The summed E-state index contributed by atoms with van der Waals surface area (Å²) in [7, 11) is 0. The van der Waals surface area contributed by atoms with E-state index in [1.54, 1.807) is 0 Å². The Morgan fingerprint density at radius 2 is 2.50 bits per heavy atom. The van der Waals surface area contributed by atoms with Gasteiger partial charge in [-0.3, -0.25) is 5.10 Å². The first-order chi connectivity index (χ1) is 6.86. The second kappa shape index (κ2) is 4.57. The highest BCUT2D eigenvalue weighted by Crippen LogP contribution is 2.18. The molecule has 14 heavy (non-hydrogen) atoms. The van der Waals surface area contributed by atoms with Crippen LogP contribution in [0, 0.1) is 5.92 Å². The molecule has 1 aliphatic heterocycles. The van der Waals surface area contributed by atoms with Crippen molar-refractivity contribution in [2.75, 3.05) is 13.1 Å². The average molecular weight is 195 g/mol. The lowest BCUT2D eigenvalue weighted by Gasteiger charge is -2.18. The molecule has 0 aliphatic carbocycles. The van der Waals surface area contributed by atoms with E-state index in [0.29, 0.717) is 5.92 Å². The van der Waals surface area contributed by atoms with Gasteiger partial charge in [0.15, 0.2) is 0 Å². The minimum atomic E-state index is -0.215. The van der Waals surface area contributed by atoms with Gasteiger partial charge >= 0.3 is 0 Å². The van der Waals surface area contributed by atoms with Crippen molar-refractivity contribution in [2.45, 2.75) is 25.4 Å². The lowest BCUT2D eigenvalue weighted by atomic mass is 9.92. The Hall–Kier alpha value is -0.870. The van der Waals surface area contributed by atoms with Gasteiger partial charge in [0.05, 0.1) is 12.3 Å². The Bertz CT molecular complexity index is 260. The van der Waals surface area contributed by atoms with E-state index in [-0.39, 0.29) is 6.10 Å². The fourth-order valence-corrected chi connectivity index (χ4v) is 2.03. The number of H-pyrrole nitrogens is 1. The summed E-state index contributed by atoms with van der Waals surface area (Å²) in [6.45, 7) is 1.75. The lowest BCUT2D eigenvalue weighted by molar-refractivity contribution is 0.111. The van der Waals surface area contributed by atoms with E-state index in [4.69, 9.17) is 0 Å². The van der Waals surface area contributed by atoms with E-state index >= 15 is 0 Å². The standard InChI is InChI=1S/C10H17N3O/c14-10-7-11-3-1-2-9(10)4-8-5-12-13-6-8/h5-6,9-11,14H,1-4,7H2,(H,12,13). The third-order valence-corrected chi connectivity index (χ3v) is 2.88. The largest absolute Gasteiger partial charge is 0.392 e. The van der Waals surface area contributed by atoms with Crippen LogP contribution in [0.3, 0.4) is 0 Å². The highest BCUT2D eigenvalue weighted by Gasteiger charge is 2.21. The number of β-amino-alcohol motifs (C(OH)–C–C–N with tert-alkyl or cyclic N) is 1. The lowest BCUT2D eigenvalue weighted by Crippen LogP contribution is -2.30. The minimum absolute atomic E-state index is 0.215. The highest BCUT2D eigenvalue weighted by atomic mass is 16.3. The molecule has 2 rings (SSSR count). The number of aliphatic hydroxyl groups is 1. The molecule has 2 atom stereocenters. The molecule has 1 aromatic rings. The predicted octanol–water partition coefficient (Wildman–Crippen LogP) is 0.313. The average Bonchev–Trinajstić information content (AvgIpc) is 2.60. The molecule has 0 radical (unpaired) electrons. The summed E-state index contributed by atoms with van der Waals surface area (Å²) in [5.74, 6) is 0.377. The summed E-state index contributed by atoms with van der Waals surface area (Å²) in [4.78, 5) is 0. The Morgan fingerprint density at radius 3 is 3.29 bits per heavy atom. The number of aromatic amines is 1. The molecule has 1 aromatic heterocycles. The summed E-state index contributed by atoms with van der Waals surface area (Å²) in [6, 6.07) is 0. The van der Waals surface area contributed by atoms with Crippen molar-refractivity contribution < 1.29 is 5.11 Å². The van der Waals surface area contributed by atoms with Crippen molar-refractivity contribution in [3.8, 4) is 0 Å². The van der Waals surface area contributed by atoms with Crippen molar-refractivity contribution in [1.82, 2.24) is 15.5 Å². The molecule has 78 valence electrons. The first kappa shape index (κ1) is 9.68. The summed E-state index contributed by atoms with van der Waals surface area (Å²) in [5, 5.41) is 19.8. The number of aromatic nitrogens is 2. The van der Waals surface area contributed by atoms with Gasteiger partial charge in [-0.05, 0) is 37.3 Å². The molecule has 2 heterocycles. The summed E-state index contributed by atoms with van der Waals surface area (Å²) < 4.78 is 0. The van der Waals surface area contributed by atoms with Crippen LogP contribution < -0.4 is 5.32 Å². The monoisotopic (exact) mass is 195 g/mol. The molecule has 0 spiro atoms. The fraction of sp³-hybridized carbons (Fsp3) is 0.700. The molecule has 1 fully saturated rings. The Kier molecular flexibility index (Phi) is 3.16. The molecule has 0 bridgehead atoms. The molecule has 3 N–H and O–H groups in total. The number of hydrogen-bond donors (Lipinski definition) is 3. The van der Waals surface area contributed by atoms with Gasteiger partial charge in [-0.2, -0.15) is 5.10 Å². The summed E-state index contributed by atoms with van der Waals surface area (Å²) in [6.07, 6.45) is 6.71. The van der Waals surface area contributed by atoms with Crippen LogP contribution in [0.2, 0.25) is 0 Å². The molecular formula is C10H17N3O. The summed E-state index contributed by atoms with van der Waals surface area (Å²) in [5.41, 5.74) is 1.19. The van der Waals surface area contributed by atoms with Gasteiger partial charge < -0.3 is 10.4 Å². The zero-order valence-electron chi connectivity index (χ0n) is 8.24. The van der Waals surface area contributed by atoms with E-state index < -0.39 is 0 Å².